The van der Waals surface area contributed by atoms with Gasteiger partial charge in [-0.3, -0.25) is 14.9 Å². The first-order valence-electron chi connectivity index (χ1n) is 6.38. The van der Waals surface area contributed by atoms with E-state index in [2.05, 4.69) is 5.32 Å². The molecule has 1 atom stereocenters. The summed E-state index contributed by atoms with van der Waals surface area (Å²) in [5.41, 5.74) is 0.482. The van der Waals surface area contributed by atoms with Gasteiger partial charge in [0.15, 0.2) is 6.10 Å². The van der Waals surface area contributed by atoms with Crippen LogP contribution in [0.15, 0.2) is 40.8 Å². The summed E-state index contributed by atoms with van der Waals surface area (Å²) < 4.78 is 9.59. The number of hydrogen-bond donors (Lipinski definition) is 1. The zero-order valence-corrected chi connectivity index (χ0v) is 12.6. The van der Waals surface area contributed by atoms with Crippen molar-refractivity contribution in [3.8, 4) is 0 Å². The Labute approximate surface area is 135 Å². The lowest BCUT2D eigenvalue weighted by Crippen LogP contribution is -2.29. The summed E-state index contributed by atoms with van der Waals surface area (Å²) in [6.45, 7) is 1.36. The van der Waals surface area contributed by atoms with E-state index in [0.717, 1.165) is 12.1 Å². The van der Waals surface area contributed by atoms with Gasteiger partial charge in [-0.25, -0.2) is 4.79 Å². The zero-order valence-electron chi connectivity index (χ0n) is 11.8. The number of nitrogens with zero attached hydrogens (tertiary/aromatic N) is 1. The Hall–Kier alpha value is -2.87. The van der Waals surface area contributed by atoms with E-state index < -0.39 is 28.8 Å². The molecule has 9 heteroatoms. The molecule has 0 spiro atoms. The Morgan fingerprint density at radius 2 is 1.91 bits per heavy atom. The Morgan fingerprint density at radius 1 is 1.26 bits per heavy atom. The monoisotopic (exact) mass is 338 g/mol. The fourth-order valence-electron chi connectivity index (χ4n) is 1.58. The van der Waals surface area contributed by atoms with Crippen LogP contribution in [0, 0.1) is 10.1 Å². The summed E-state index contributed by atoms with van der Waals surface area (Å²) in [4.78, 5) is 33.4. The SMILES string of the molecule is C[C@H](OC(=O)c1ccc([N+](=O)[O-])o1)C(=O)Nc1ccc(Cl)cc1. The normalized spacial score (nSPS) is 11.6. The maximum atomic E-state index is 11.9. The van der Waals surface area contributed by atoms with Crippen molar-refractivity contribution in [2.75, 3.05) is 5.32 Å². The standard InChI is InChI=1S/C14H11ClN2O6/c1-8(13(18)16-10-4-2-9(15)3-5-10)22-14(19)11-6-7-12(23-11)17(20)21/h2-8H,1H3,(H,16,18)/t8-/m0/s1. The van der Waals surface area contributed by atoms with Gasteiger partial charge in [0.25, 0.3) is 5.91 Å². The fourth-order valence-corrected chi connectivity index (χ4v) is 1.71. The van der Waals surface area contributed by atoms with E-state index >= 15 is 0 Å². The largest absolute Gasteiger partial charge is 0.447 e. The fraction of sp³-hybridized carbons (Fsp3) is 0.143. The molecular formula is C14H11ClN2O6. The predicted octanol–water partition coefficient (Wildman–Crippen LogP) is 3.03. The number of amides is 1. The van der Waals surface area contributed by atoms with Crippen LogP contribution in [0.4, 0.5) is 11.6 Å². The number of hydrogen-bond acceptors (Lipinski definition) is 6. The Kier molecular flexibility index (Phi) is 4.97. The van der Waals surface area contributed by atoms with Crippen LogP contribution in [0.1, 0.15) is 17.5 Å². The highest BCUT2D eigenvalue weighted by Crippen LogP contribution is 2.17. The lowest BCUT2D eigenvalue weighted by molar-refractivity contribution is -0.402. The molecule has 0 fully saturated rings. The maximum Gasteiger partial charge on any atom is 0.433 e. The van der Waals surface area contributed by atoms with Gasteiger partial charge in [0.05, 0.1) is 6.07 Å². The van der Waals surface area contributed by atoms with Gasteiger partial charge in [-0.2, -0.15) is 0 Å². The molecule has 0 saturated carbocycles. The van der Waals surface area contributed by atoms with E-state index in [1.807, 2.05) is 0 Å². The van der Waals surface area contributed by atoms with Crippen molar-refractivity contribution in [2.45, 2.75) is 13.0 Å². The third kappa shape index (κ3) is 4.30. The number of nitrogens with one attached hydrogen (secondary N) is 1. The molecule has 0 unspecified atom stereocenters. The van der Waals surface area contributed by atoms with Gasteiger partial charge in [0.2, 0.25) is 5.76 Å². The molecule has 8 nitrogen and oxygen atoms in total. The molecule has 0 aliphatic carbocycles. The molecule has 1 aromatic heterocycles. The van der Waals surface area contributed by atoms with Gasteiger partial charge in [-0.15, -0.1) is 0 Å². The molecule has 2 rings (SSSR count). The zero-order chi connectivity index (χ0) is 17.0. The third-order valence-electron chi connectivity index (χ3n) is 2.74. The minimum atomic E-state index is -1.12. The van der Waals surface area contributed by atoms with Gasteiger partial charge in [-0.05, 0) is 37.3 Å². The third-order valence-corrected chi connectivity index (χ3v) is 2.99. The molecule has 0 radical (unpaired) electrons. The van der Waals surface area contributed by atoms with Crippen LogP contribution in [0.5, 0.6) is 0 Å². The minimum absolute atomic E-state index is 0.358. The lowest BCUT2D eigenvalue weighted by atomic mass is 10.3. The van der Waals surface area contributed by atoms with E-state index in [0.29, 0.717) is 10.7 Å². The van der Waals surface area contributed by atoms with Crippen molar-refractivity contribution >= 4 is 35.0 Å². The molecule has 0 aliphatic rings. The van der Waals surface area contributed by atoms with Crippen molar-refractivity contribution in [1.82, 2.24) is 0 Å². The highest BCUT2D eigenvalue weighted by Gasteiger charge is 2.23. The number of anilines is 1. The number of halogens is 1. The number of furan rings is 1. The molecule has 0 aliphatic heterocycles. The number of carbonyl (C=O) groups is 2. The second-order valence-electron chi connectivity index (χ2n) is 4.44. The van der Waals surface area contributed by atoms with Crippen LogP contribution in [0.2, 0.25) is 5.02 Å². The molecule has 2 aromatic rings. The molecule has 23 heavy (non-hydrogen) atoms. The van der Waals surface area contributed by atoms with Crippen LogP contribution < -0.4 is 5.32 Å². The maximum absolute atomic E-state index is 11.9. The average molecular weight is 339 g/mol. The van der Waals surface area contributed by atoms with Gasteiger partial charge >= 0.3 is 11.9 Å². The van der Waals surface area contributed by atoms with E-state index in [1.54, 1.807) is 24.3 Å². The number of ether oxygens (including phenoxy) is 1. The summed E-state index contributed by atoms with van der Waals surface area (Å²) in [7, 11) is 0. The molecule has 1 N–H and O–H groups in total. The highest BCUT2D eigenvalue weighted by molar-refractivity contribution is 6.30. The highest BCUT2D eigenvalue weighted by atomic mass is 35.5. The Balaban J connectivity index is 1.95. The smallest absolute Gasteiger partial charge is 0.433 e. The number of esters is 1. The van der Waals surface area contributed by atoms with Gasteiger partial charge in [0.1, 0.15) is 4.92 Å². The van der Waals surface area contributed by atoms with Crippen molar-refractivity contribution in [3.63, 3.8) is 0 Å². The number of benzene rings is 1. The van der Waals surface area contributed by atoms with Crippen molar-refractivity contribution in [2.24, 2.45) is 0 Å². The molecular weight excluding hydrogens is 328 g/mol. The molecule has 0 bridgehead atoms. The average Bonchev–Trinajstić information content (AvgIpc) is 2.99. The molecule has 0 saturated heterocycles. The van der Waals surface area contributed by atoms with Crippen LogP contribution in [-0.2, 0) is 9.53 Å². The van der Waals surface area contributed by atoms with Gasteiger partial charge in [-0.1, -0.05) is 11.6 Å². The first-order valence-corrected chi connectivity index (χ1v) is 6.76. The van der Waals surface area contributed by atoms with Crippen LogP contribution in [0.25, 0.3) is 0 Å². The van der Waals surface area contributed by atoms with Crippen molar-refractivity contribution in [3.05, 3.63) is 57.3 Å². The quantitative estimate of drug-likeness (QED) is 0.509. The first kappa shape index (κ1) is 16.5. The topological polar surface area (TPSA) is 112 Å². The van der Waals surface area contributed by atoms with E-state index in [9.17, 15) is 19.7 Å². The number of rotatable bonds is 5. The Morgan fingerprint density at radius 3 is 2.48 bits per heavy atom. The Bertz CT molecular complexity index is 740. The van der Waals surface area contributed by atoms with E-state index in [1.165, 1.54) is 6.92 Å². The minimum Gasteiger partial charge on any atom is -0.447 e. The van der Waals surface area contributed by atoms with E-state index in [-0.39, 0.29) is 5.76 Å². The van der Waals surface area contributed by atoms with Gasteiger partial charge < -0.3 is 14.5 Å². The molecule has 120 valence electrons. The first-order chi connectivity index (χ1) is 10.9. The van der Waals surface area contributed by atoms with Crippen LogP contribution in [0.3, 0.4) is 0 Å². The predicted molar refractivity (Wildman–Crippen MR) is 80.3 cm³/mol. The van der Waals surface area contributed by atoms with Crippen molar-refractivity contribution in [1.29, 1.82) is 0 Å². The second-order valence-corrected chi connectivity index (χ2v) is 4.88. The second kappa shape index (κ2) is 6.93. The summed E-state index contributed by atoms with van der Waals surface area (Å²) in [6.07, 6.45) is -1.12. The number of nitro groups is 1. The van der Waals surface area contributed by atoms with E-state index in [4.69, 9.17) is 20.8 Å². The summed E-state index contributed by atoms with van der Waals surface area (Å²) in [6, 6.07) is 8.49. The number of carbonyl (C=O) groups excluding carboxylic acids is 2. The molecule has 1 heterocycles. The summed E-state index contributed by atoms with van der Waals surface area (Å²) >= 11 is 5.73. The van der Waals surface area contributed by atoms with Gasteiger partial charge in [0, 0.05) is 10.7 Å². The summed E-state index contributed by atoms with van der Waals surface area (Å²) in [5, 5.41) is 13.5. The van der Waals surface area contributed by atoms with Crippen LogP contribution >= 0.6 is 11.6 Å². The summed E-state index contributed by atoms with van der Waals surface area (Å²) in [5.74, 6) is -2.49. The van der Waals surface area contributed by atoms with Crippen molar-refractivity contribution < 1.29 is 23.7 Å². The molecule has 1 aromatic carbocycles. The lowest BCUT2D eigenvalue weighted by Gasteiger charge is -2.12. The molecule has 1 amide bonds. The van der Waals surface area contributed by atoms with Crippen LogP contribution in [-0.4, -0.2) is 22.9 Å².